The molecular weight excluding hydrogens is 215 g/mol. The van der Waals surface area contributed by atoms with Crippen molar-refractivity contribution in [1.29, 1.82) is 0 Å². The van der Waals surface area contributed by atoms with Gasteiger partial charge in [-0.15, -0.1) is 0 Å². The van der Waals surface area contributed by atoms with Gasteiger partial charge in [0.05, 0.1) is 0 Å². The third-order valence-corrected chi connectivity index (χ3v) is 0. The van der Waals surface area contributed by atoms with Gasteiger partial charge in [0.15, 0.2) is 0 Å². The molecule has 0 aliphatic carbocycles. The summed E-state index contributed by atoms with van der Waals surface area (Å²) in [6, 6.07) is 0. The molecule has 7 heavy (non-hydrogen) atoms. The van der Waals surface area contributed by atoms with Crippen molar-refractivity contribution >= 4 is 59.6 Å². The molecule has 42 valence electrons. The molecule has 0 saturated carbocycles. The molecule has 0 rings (SSSR count). The minimum absolute atomic E-state index is 0. The second kappa shape index (κ2) is 3.04. The Hall–Kier alpha value is 2.48. The number of hydrogen-bond donors (Lipinski definition) is 0. The quantitative estimate of drug-likeness (QED) is 0.424. The third kappa shape index (κ3) is 58.0. The van der Waals surface area contributed by atoms with E-state index in [0.29, 0.717) is 0 Å². The van der Waals surface area contributed by atoms with Crippen LogP contribution >= 0.6 is 59.6 Å². The Morgan fingerprint density at radius 1 is 0.857 bits per heavy atom. The molecule has 0 aliphatic heterocycles. The Bertz CT molecular complexity index is 45.6. The normalized spacial score (nSPS) is 16.4. The Balaban J connectivity index is -0.000000125. The zero-order chi connectivity index (χ0) is 5.45. The summed E-state index contributed by atoms with van der Waals surface area (Å²) < 4.78 is -3.69. The summed E-state index contributed by atoms with van der Waals surface area (Å²) in [6.07, 6.45) is 0. The van der Waals surface area contributed by atoms with Gasteiger partial charge in [-0.25, -0.2) is 0 Å². The molecule has 0 bridgehead atoms. The van der Waals surface area contributed by atoms with Crippen molar-refractivity contribution in [2.45, 2.75) is 0 Å². The molecule has 0 heterocycles. The number of hydrogen-bond acceptors (Lipinski definition) is 0. The summed E-state index contributed by atoms with van der Waals surface area (Å²) in [6.45, 7) is 0. The molecule has 0 saturated heterocycles. The van der Waals surface area contributed by atoms with Crippen LogP contribution in [0.2, 0.25) is 0 Å². The molecule has 7 heteroatoms. The van der Waals surface area contributed by atoms with E-state index in [4.69, 9.17) is 56.2 Å². The molecule has 0 fully saturated rings. The summed E-state index contributed by atoms with van der Waals surface area (Å²) in [7, 11) is 0. The SMILES string of the molecule is ClP(Cl)(Cl)(Cl)Cl.[H-].[Li+]. The smallest absolute Gasteiger partial charge is 1.00 e. The van der Waals surface area contributed by atoms with Crippen molar-refractivity contribution in [3.05, 3.63) is 0 Å². The maximum atomic E-state index is 4.98. The van der Waals surface area contributed by atoms with Gasteiger partial charge in [-0.2, -0.15) is 0 Å². The van der Waals surface area contributed by atoms with Gasteiger partial charge in [0, 0.05) is 0 Å². The Morgan fingerprint density at radius 2 is 0.857 bits per heavy atom. The molecule has 0 aromatic heterocycles. The van der Waals surface area contributed by atoms with E-state index in [-0.39, 0.29) is 20.3 Å². The second-order valence-corrected chi connectivity index (χ2v) is 17.2. The van der Waals surface area contributed by atoms with E-state index in [2.05, 4.69) is 0 Å². The average molecular weight is 216 g/mol. The third-order valence-electron chi connectivity index (χ3n) is 0. The van der Waals surface area contributed by atoms with Gasteiger partial charge in [0.2, 0.25) is 0 Å². The Morgan fingerprint density at radius 3 is 0.857 bits per heavy atom. The fourth-order valence-electron chi connectivity index (χ4n) is 0. The predicted octanol–water partition coefficient (Wildman–Crippen LogP) is 1.43. The summed E-state index contributed by atoms with van der Waals surface area (Å²) in [5.41, 5.74) is 0. The van der Waals surface area contributed by atoms with Gasteiger partial charge in [-0.1, -0.05) is 0 Å². The van der Waals surface area contributed by atoms with Crippen LogP contribution in [0.1, 0.15) is 1.43 Å². The van der Waals surface area contributed by atoms with Crippen LogP contribution in [0.4, 0.5) is 0 Å². The van der Waals surface area contributed by atoms with E-state index in [1.54, 1.807) is 0 Å². The summed E-state index contributed by atoms with van der Waals surface area (Å²) >= 11 is 24.9. The predicted molar refractivity (Wildman–Crippen MR) is 37.3 cm³/mol. The molecule has 0 spiro atoms. The molecule has 0 unspecified atom stereocenters. The van der Waals surface area contributed by atoms with Crippen LogP contribution in [0.3, 0.4) is 0 Å². The van der Waals surface area contributed by atoms with Crippen LogP contribution in [0.15, 0.2) is 0 Å². The van der Waals surface area contributed by atoms with Gasteiger partial charge in [-0.05, 0) is 0 Å². The molecule has 0 aromatic rings. The van der Waals surface area contributed by atoms with E-state index < -0.39 is 3.37 Å². The van der Waals surface area contributed by atoms with E-state index in [9.17, 15) is 0 Å². The topological polar surface area (TPSA) is 0 Å². The maximum absolute atomic E-state index is 4.98. The molecule has 0 aliphatic rings. The van der Waals surface area contributed by atoms with Crippen LogP contribution in [0.25, 0.3) is 0 Å². The molecule has 0 aromatic carbocycles. The fourth-order valence-corrected chi connectivity index (χ4v) is 0. The van der Waals surface area contributed by atoms with Crippen LogP contribution < -0.4 is 18.9 Å². The minimum atomic E-state index is -3.69. The van der Waals surface area contributed by atoms with Crippen molar-refractivity contribution in [3.63, 3.8) is 0 Å². The first-order chi connectivity index (χ1) is 2.24. The summed E-state index contributed by atoms with van der Waals surface area (Å²) in [5, 5.41) is 0. The molecular formula is HCl5LiP. The van der Waals surface area contributed by atoms with Crippen molar-refractivity contribution in [1.82, 2.24) is 0 Å². The Kier molecular flexibility index (Phi) is 5.30. The molecule has 0 atom stereocenters. The zero-order valence-corrected chi connectivity index (χ0v) is 8.01. The molecule has 0 N–H and O–H groups in total. The van der Waals surface area contributed by atoms with E-state index >= 15 is 0 Å². The van der Waals surface area contributed by atoms with Gasteiger partial charge in [0.1, 0.15) is 0 Å². The van der Waals surface area contributed by atoms with Crippen molar-refractivity contribution in [2.24, 2.45) is 0 Å². The van der Waals surface area contributed by atoms with Gasteiger partial charge < -0.3 is 1.43 Å². The molecule has 0 radical (unpaired) electrons. The second-order valence-electron chi connectivity index (χ2n) is 0.639. The van der Waals surface area contributed by atoms with Crippen LogP contribution in [-0.2, 0) is 0 Å². The van der Waals surface area contributed by atoms with Crippen LogP contribution in [0, 0.1) is 0 Å². The fraction of sp³-hybridized carbons (Fsp3) is 0. The zero-order valence-electron chi connectivity index (χ0n) is 4.34. The van der Waals surface area contributed by atoms with Gasteiger partial charge in [-0.3, -0.25) is 0 Å². The van der Waals surface area contributed by atoms with Gasteiger partial charge in [0.25, 0.3) is 0 Å². The van der Waals surface area contributed by atoms with Crippen molar-refractivity contribution in [3.8, 4) is 0 Å². The largest absolute Gasteiger partial charge is 1.00 e. The first-order valence-electron chi connectivity index (χ1n) is 0.845. The van der Waals surface area contributed by atoms with E-state index in [1.165, 1.54) is 0 Å². The number of halogens is 5. The van der Waals surface area contributed by atoms with E-state index in [1.807, 2.05) is 0 Å². The van der Waals surface area contributed by atoms with Crippen molar-refractivity contribution in [2.75, 3.05) is 0 Å². The van der Waals surface area contributed by atoms with Crippen molar-refractivity contribution < 1.29 is 20.3 Å². The average Bonchev–Trinajstić information content (AvgIpc) is 0.650. The first-order valence-corrected chi connectivity index (χ1v) is 7.61. The number of rotatable bonds is 0. The Labute approximate surface area is 79.3 Å². The molecule has 0 nitrogen and oxygen atoms in total. The summed E-state index contributed by atoms with van der Waals surface area (Å²) in [4.78, 5) is 0. The standard InChI is InChI=1S/Cl5P.Li.H/c1-6(2,3,4)5;;/q;+1;-1. The summed E-state index contributed by atoms with van der Waals surface area (Å²) in [5.74, 6) is 0. The first kappa shape index (κ1) is 12.2. The maximum Gasteiger partial charge on any atom is 1.00 e. The minimum Gasteiger partial charge on any atom is -1.00 e. The van der Waals surface area contributed by atoms with E-state index in [0.717, 1.165) is 0 Å². The molecule has 0 amide bonds. The van der Waals surface area contributed by atoms with Crippen LogP contribution in [0.5, 0.6) is 0 Å². The van der Waals surface area contributed by atoms with Gasteiger partial charge >= 0.3 is 78.4 Å². The van der Waals surface area contributed by atoms with Crippen LogP contribution in [-0.4, -0.2) is 0 Å². The monoisotopic (exact) mass is 214 g/mol.